The zero-order chi connectivity index (χ0) is 14.1. The Kier molecular flexibility index (Phi) is 3.22. The van der Waals surface area contributed by atoms with E-state index < -0.39 is 0 Å². The third-order valence-corrected chi connectivity index (χ3v) is 3.61. The summed E-state index contributed by atoms with van der Waals surface area (Å²) < 4.78 is 13.2. The predicted octanol–water partition coefficient (Wildman–Crippen LogP) is 2.99. The number of aromatic nitrogens is 1. The normalized spacial score (nSPS) is 13.4. The second-order valence-corrected chi connectivity index (χ2v) is 5.08. The topological polar surface area (TPSA) is 33.2 Å². The highest BCUT2D eigenvalue weighted by molar-refractivity contribution is 5.94. The van der Waals surface area contributed by atoms with Gasteiger partial charge in [0.25, 0.3) is 0 Å². The van der Waals surface area contributed by atoms with Gasteiger partial charge in [-0.25, -0.2) is 4.39 Å². The molecule has 2 heterocycles. The molecule has 0 amide bonds. The van der Waals surface area contributed by atoms with E-state index in [1.165, 1.54) is 17.8 Å². The SMILES string of the molecule is CC(=O)c1ccc2c(c1)CCN2Cc1cncc(F)c1. The minimum Gasteiger partial charge on any atom is -0.367 e. The molecule has 0 N–H and O–H groups in total. The summed E-state index contributed by atoms with van der Waals surface area (Å²) >= 11 is 0. The number of hydrogen-bond donors (Lipinski definition) is 0. The Bertz CT molecular complexity index is 669. The molecular weight excluding hydrogens is 255 g/mol. The Morgan fingerprint density at radius 1 is 1.35 bits per heavy atom. The lowest BCUT2D eigenvalue weighted by Crippen LogP contribution is -2.19. The maximum Gasteiger partial charge on any atom is 0.159 e. The van der Waals surface area contributed by atoms with Gasteiger partial charge in [0.15, 0.2) is 5.78 Å². The first-order chi connectivity index (χ1) is 9.63. The number of carbonyl (C=O) groups excluding carboxylic acids is 1. The second kappa shape index (κ2) is 5.04. The quantitative estimate of drug-likeness (QED) is 0.804. The summed E-state index contributed by atoms with van der Waals surface area (Å²) in [5.74, 6) is -0.227. The number of benzene rings is 1. The van der Waals surface area contributed by atoms with E-state index in [-0.39, 0.29) is 11.6 Å². The first-order valence-electron chi connectivity index (χ1n) is 6.62. The number of nitrogens with zero attached hydrogens (tertiary/aromatic N) is 2. The lowest BCUT2D eigenvalue weighted by Gasteiger charge is -2.19. The van der Waals surface area contributed by atoms with Gasteiger partial charge in [0.2, 0.25) is 0 Å². The fourth-order valence-corrected chi connectivity index (χ4v) is 2.62. The summed E-state index contributed by atoms with van der Waals surface area (Å²) in [5, 5.41) is 0. The Labute approximate surface area is 117 Å². The maximum atomic E-state index is 13.2. The number of hydrogen-bond acceptors (Lipinski definition) is 3. The number of Topliss-reactive ketones (excluding diaryl/α,β-unsaturated/α-hetero) is 1. The second-order valence-electron chi connectivity index (χ2n) is 5.08. The molecule has 0 saturated heterocycles. The van der Waals surface area contributed by atoms with Crippen molar-refractivity contribution >= 4 is 11.5 Å². The van der Waals surface area contributed by atoms with Crippen molar-refractivity contribution < 1.29 is 9.18 Å². The fraction of sp³-hybridized carbons (Fsp3) is 0.250. The molecule has 4 heteroatoms. The van der Waals surface area contributed by atoms with E-state index in [0.717, 1.165) is 29.8 Å². The number of ketones is 1. The van der Waals surface area contributed by atoms with Crippen molar-refractivity contribution in [1.82, 2.24) is 4.98 Å². The van der Waals surface area contributed by atoms with Gasteiger partial charge in [0, 0.05) is 30.5 Å². The predicted molar refractivity (Wildman–Crippen MR) is 75.4 cm³/mol. The summed E-state index contributed by atoms with van der Waals surface area (Å²) in [6.07, 6.45) is 3.81. The van der Waals surface area contributed by atoms with E-state index in [2.05, 4.69) is 9.88 Å². The Balaban J connectivity index is 1.84. The minimum atomic E-state index is -0.311. The van der Waals surface area contributed by atoms with Crippen molar-refractivity contribution in [3.8, 4) is 0 Å². The zero-order valence-electron chi connectivity index (χ0n) is 11.3. The van der Waals surface area contributed by atoms with Crippen LogP contribution in [-0.4, -0.2) is 17.3 Å². The van der Waals surface area contributed by atoms with Gasteiger partial charge in [0.1, 0.15) is 5.82 Å². The lowest BCUT2D eigenvalue weighted by molar-refractivity contribution is 0.101. The molecule has 0 bridgehead atoms. The molecule has 20 heavy (non-hydrogen) atoms. The summed E-state index contributed by atoms with van der Waals surface area (Å²) in [6, 6.07) is 7.30. The van der Waals surface area contributed by atoms with Crippen molar-refractivity contribution in [2.24, 2.45) is 0 Å². The molecule has 0 spiro atoms. The molecular formula is C16H15FN2O. The number of fused-ring (bicyclic) bond motifs is 1. The molecule has 1 aliphatic heterocycles. The van der Waals surface area contributed by atoms with Crippen molar-refractivity contribution in [2.75, 3.05) is 11.4 Å². The third-order valence-electron chi connectivity index (χ3n) is 3.61. The van der Waals surface area contributed by atoms with Gasteiger partial charge in [-0.15, -0.1) is 0 Å². The van der Waals surface area contributed by atoms with E-state index >= 15 is 0 Å². The molecule has 1 aliphatic rings. The van der Waals surface area contributed by atoms with Crippen LogP contribution in [0.1, 0.15) is 28.4 Å². The minimum absolute atomic E-state index is 0.0839. The van der Waals surface area contributed by atoms with Crippen molar-refractivity contribution in [2.45, 2.75) is 19.9 Å². The number of anilines is 1. The molecule has 102 valence electrons. The number of rotatable bonds is 3. The van der Waals surface area contributed by atoms with Gasteiger partial charge >= 0.3 is 0 Å². The summed E-state index contributed by atoms with van der Waals surface area (Å²) in [7, 11) is 0. The highest BCUT2D eigenvalue weighted by Gasteiger charge is 2.20. The first kappa shape index (κ1) is 12.8. The highest BCUT2D eigenvalue weighted by Crippen LogP contribution is 2.30. The average molecular weight is 270 g/mol. The van der Waals surface area contributed by atoms with Crippen molar-refractivity contribution in [3.05, 3.63) is 59.2 Å². The van der Waals surface area contributed by atoms with Gasteiger partial charge in [-0.05, 0) is 48.7 Å². The summed E-state index contributed by atoms with van der Waals surface area (Å²) in [4.78, 5) is 17.5. The van der Waals surface area contributed by atoms with Crippen LogP contribution in [0.3, 0.4) is 0 Å². The van der Waals surface area contributed by atoms with Gasteiger partial charge < -0.3 is 4.90 Å². The molecule has 0 unspecified atom stereocenters. The van der Waals surface area contributed by atoms with Crippen LogP contribution in [0.2, 0.25) is 0 Å². The largest absolute Gasteiger partial charge is 0.367 e. The van der Waals surface area contributed by atoms with E-state index in [1.54, 1.807) is 13.1 Å². The molecule has 0 atom stereocenters. The van der Waals surface area contributed by atoms with Crippen LogP contribution in [0, 0.1) is 5.82 Å². The summed E-state index contributed by atoms with van der Waals surface area (Å²) in [6.45, 7) is 3.09. The molecule has 3 nitrogen and oxygen atoms in total. The Morgan fingerprint density at radius 3 is 2.95 bits per heavy atom. The Hall–Kier alpha value is -2.23. The maximum absolute atomic E-state index is 13.2. The molecule has 0 aliphatic carbocycles. The average Bonchev–Trinajstić information content (AvgIpc) is 2.81. The van der Waals surface area contributed by atoms with Crippen molar-refractivity contribution in [1.29, 1.82) is 0 Å². The third kappa shape index (κ3) is 2.41. The molecule has 1 aromatic heterocycles. The van der Waals surface area contributed by atoms with Gasteiger partial charge in [-0.3, -0.25) is 9.78 Å². The molecule has 1 aromatic carbocycles. The van der Waals surface area contributed by atoms with Crippen LogP contribution in [0.15, 0.2) is 36.7 Å². The van der Waals surface area contributed by atoms with Crippen molar-refractivity contribution in [3.63, 3.8) is 0 Å². The Morgan fingerprint density at radius 2 is 2.20 bits per heavy atom. The first-order valence-corrected chi connectivity index (χ1v) is 6.62. The monoisotopic (exact) mass is 270 g/mol. The molecule has 2 aromatic rings. The van der Waals surface area contributed by atoms with Crippen LogP contribution in [-0.2, 0) is 13.0 Å². The van der Waals surface area contributed by atoms with E-state index in [0.29, 0.717) is 6.54 Å². The van der Waals surface area contributed by atoms with Crippen LogP contribution >= 0.6 is 0 Å². The number of pyridine rings is 1. The lowest BCUT2D eigenvalue weighted by atomic mass is 10.1. The molecule has 0 saturated carbocycles. The molecule has 3 rings (SSSR count). The van der Waals surface area contributed by atoms with Crippen LogP contribution in [0.4, 0.5) is 10.1 Å². The van der Waals surface area contributed by atoms with Gasteiger partial charge in [-0.1, -0.05) is 0 Å². The molecule has 0 radical (unpaired) electrons. The van der Waals surface area contributed by atoms with E-state index in [1.807, 2.05) is 18.2 Å². The fourth-order valence-electron chi connectivity index (χ4n) is 2.62. The van der Waals surface area contributed by atoms with Gasteiger partial charge in [0.05, 0.1) is 6.20 Å². The molecule has 0 fully saturated rings. The number of carbonyl (C=O) groups is 1. The van der Waals surface area contributed by atoms with Crippen LogP contribution in [0.25, 0.3) is 0 Å². The smallest absolute Gasteiger partial charge is 0.159 e. The summed E-state index contributed by atoms with van der Waals surface area (Å²) in [5.41, 5.74) is 3.91. The number of halogens is 1. The van der Waals surface area contributed by atoms with Crippen LogP contribution < -0.4 is 4.90 Å². The van der Waals surface area contributed by atoms with Gasteiger partial charge in [-0.2, -0.15) is 0 Å². The standard InChI is InChI=1S/C16H15FN2O/c1-11(20)13-2-3-16-14(7-13)4-5-19(16)10-12-6-15(17)9-18-8-12/h2-3,6-9H,4-5,10H2,1H3. The van der Waals surface area contributed by atoms with E-state index in [9.17, 15) is 9.18 Å². The van der Waals surface area contributed by atoms with Crippen LogP contribution in [0.5, 0.6) is 0 Å². The van der Waals surface area contributed by atoms with E-state index in [4.69, 9.17) is 0 Å². The highest BCUT2D eigenvalue weighted by atomic mass is 19.1. The zero-order valence-corrected chi connectivity index (χ0v) is 11.3.